The van der Waals surface area contributed by atoms with Crippen LogP contribution in [0.1, 0.15) is 41.2 Å². The Morgan fingerprint density at radius 2 is 2.00 bits per heavy atom. The molecular weight excluding hydrogens is 224 g/mol. The van der Waals surface area contributed by atoms with E-state index in [0.717, 1.165) is 36.1 Å². The zero-order chi connectivity index (χ0) is 13.1. The number of aryl methyl sites for hydroxylation is 3. The average Bonchev–Trinajstić information content (AvgIpc) is 2.82. The van der Waals surface area contributed by atoms with Gasteiger partial charge < -0.3 is 0 Å². The summed E-state index contributed by atoms with van der Waals surface area (Å²) in [7, 11) is 0. The molecule has 3 heteroatoms. The summed E-state index contributed by atoms with van der Waals surface area (Å²) in [6.45, 7) is 6.25. The van der Waals surface area contributed by atoms with Crippen molar-refractivity contribution >= 4 is 6.29 Å². The number of nitrogens with zero attached hydrogens (tertiary/aromatic N) is 2. The fraction of sp³-hybridized carbons (Fsp3) is 0.333. The highest BCUT2D eigenvalue weighted by atomic mass is 16.1. The van der Waals surface area contributed by atoms with Crippen LogP contribution in [0.5, 0.6) is 0 Å². The zero-order valence-corrected chi connectivity index (χ0v) is 11.1. The molecule has 1 heterocycles. The second kappa shape index (κ2) is 5.17. The second-order valence-corrected chi connectivity index (χ2v) is 4.41. The molecule has 18 heavy (non-hydrogen) atoms. The van der Waals surface area contributed by atoms with Gasteiger partial charge >= 0.3 is 0 Å². The normalized spacial score (nSPS) is 10.6. The predicted molar refractivity (Wildman–Crippen MR) is 72.4 cm³/mol. The lowest BCUT2D eigenvalue weighted by atomic mass is 10.1. The molecule has 0 fully saturated rings. The van der Waals surface area contributed by atoms with E-state index in [2.05, 4.69) is 25.0 Å². The Balaban J connectivity index is 2.59. The van der Waals surface area contributed by atoms with Crippen LogP contribution in [0.3, 0.4) is 0 Å². The van der Waals surface area contributed by atoms with Crippen LogP contribution >= 0.6 is 0 Å². The van der Waals surface area contributed by atoms with E-state index < -0.39 is 0 Å². The summed E-state index contributed by atoms with van der Waals surface area (Å²) in [4.78, 5) is 10.9. The molecule has 0 saturated heterocycles. The third-order valence-electron chi connectivity index (χ3n) is 3.16. The van der Waals surface area contributed by atoms with Gasteiger partial charge in [0.15, 0.2) is 0 Å². The van der Waals surface area contributed by atoms with E-state index in [1.165, 1.54) is 5.69 Å². The fourth-order valence-electron chi connectivity index (χ4n) is 2.04. The molecule has 0 radical (unpaired) electrons. The summed E-state index contributed by atoms with van der Waals surface area (Å²) in [5, 5.41) is 4.61. The molecule has 0 amide bonds. The summed E-state index contributed by atoms with van der Waals surface area (Å²) in [5.41, 5.74) is 5.07. The lowest BCUT2D eigenvalue weighted by Crippen LogP contribution is -2.04. The molecule has 0 atom stereocenters. The quantitative estimate of drug-likeness (QED) is 0.772. The summed E-state index contributed by atoms with van der Waals surface area (Å²) in [5.74, 6) is 0. The number of aromatic nitrogens is 2. The van der Waals surface area contributed by atoms with E-state index in [1.807, 2.05) is 29.8 Å². The monoisotopic (exact) mass is 242 g/mol. The number of hydrogen-bond acceptors (Lipinski definition) is 2. The maximum Gasteiger partial charge on any atom is 0.150 e. The molecule has 1 aromatic heterocycles. The van der Waals surface area contributed by atoms with Gasteiger partial charge in [0.05, 0.1) is 11.4 Å². The van der Waals surface area contributed by atoms with Crippen molar-refractivity contribution in [1.82, 2.24) is 9.78 Å². The van der Waals surface area contributed by atoms with Crippen molar-refractivity contribution in [3.8, 4) is 5.69 Å². The SMILES string of the molecule is CCc1cc(CC)n(-c2cc(C=O)ccc2C)n1. The molecule has 0 unspecified atom stereocenters. The minimum Gasteiger partial charge on any atom is -0.298 e. The van der Waals surface area contributed by atoms with Gasteiger partial charge in [0, 0.05) is 11.3 Å². The molecule has 0 aliphatic rings. The van der Waals surface area contributed by atoms with Crippen LogP contribution in [0.2, 0.25) is 0 Å². The molecular formula is C15H18N2O. The third kappa shape index (κ3) is 2.21. The highest BCUT2D eigenvalue weighted by Crippen LogP contribution is 2.19. The van der Waals surface area contributed by atoms with Crippen LogP contribution in [0, 0.1) is 6.92 Å². The lowest BCUT2D eigenvalue weighted by molar-refractivity contribution is 0.112. The number of hydrogen-bond donors (Lipinski definition) is 0. The predicted octanol–water partition coefficient (Wildman–Crippen LogP) is 3.12. The van der Waals surface area contributed by atoms with Gasteiger partial charge in [-0.15, -0.1) is 0 Å². The molecule has 0 saturated carbocycles. The first-order valence-electron chi connectivity index (χ1n) is 6.33. The number of rotatable bonds is 4. The van der Waals surface area contributed by atoms with Crippen LogP contribution < -0.4 is 0 Å². The Morgan fingerprint density at radius 3 is 2.61 bits per heavy atom. The first kappa shape index (κ1) is 12.6. The molecule has 0 N–H and O–H groups in total. The molecule has 2 rings (SSSR count). The summed E-state index contributed by atoms with van der Waals surface area (Å²) >= 11 is 0. The van der Waals surface area contributed by atoms with Gasteiger partial charge in [-0.05, 0) is 37.5 Å². The van der Waals surface area contributed by atoms with Crippen LogP contribution in [-0.2, 0) is 12.8 Å². The molecule has 0 spiro atoms. The van der Waals surface area contributed by atoms with Gasteiger partial charge in [-0.3, -0.25) is 4.79 Å². The van der Waals surface area contributed by atoms with Crippen LogP contribution in [0.15, 0.2) is 24.3 Å². The van der Waals surface area contributed by atoms with Gasteiger partial charge in [-0.2, -0.15) is 5.10 Å². The molecule has 0 aliphatic heterocycles. The smallest absolute Gasteiger partial charge is 0.150 e. The fourth-order valence-corrected chi connectivity index (χ4v) is 2.04. The third-order valence-corrected chi connectivity index (χ3v) is 3.16. The Bertz CT molecular complexity index is 570. The Hall–Kier alpha value is -1.90. The van der Waals surface area contributed by atoms with Crippen molar-refractivity contribution in [2.24, 2.45) is 0 Å². The average molecular weight is 242 g/mol. The van der Waals surface area contributed by atoms with E-state index in [9.17, 15) is 4.79 Å². The Labute approximate surface area is 107 Å². The summed E-state index contributed by atoms with van der Waals surface area (Å²) in [6.07, 6.45) is 2.73. The number of aldehydes is 1. The van der Waals surface area contributed by atoms with Crippen LogP contribution in [-0.4, -0.2) is 16.1 Å². The maximum absolute atomic E-state index is 10.9. The molecule has 0 bridgehead atoms. The van der Waals surface area contributed by atoms with Crippen molar-refractivity contribution in [1.29, 1.82) is 0 Å². The van der Waals surface area contributed by atoms with Gasteiger partial charge in [0.1, 0.15) is 6.29 Å². The van der Waals surface area contributed by atoms with E-state index >= 15 is 0 Å². The van der Waals surface area contributed by atoms with Crippen molar-refractivity contribution in [3.63, 3.8) is 0 Å². The van der Waals surface area contributed by atoms with Crippen LogP contribution in [0.4, 0.5) is 0 Å². The first-order chi connectivity index (χ1) is 8.69. The molecule has 1 aromatic carbocycles. The highest BCUT2D eigenvalue weighted by Gasteiger charge is 2.10. The van der Waals surface area contributed by atoms with E-state index in [0.29, 0.717) is 5.56 Å². The Kier molecular flexibility index (Phi) is 3.60. The van der Waals surface area contributed by atoms with Gasteiger partial charge in [0.2, 0.25) is 0 Å². The molecule has 2 aromatic rings. The molecule has 94 valence electrons. The van der Waals surface area contributed by atoms with Crippen LogP contribution in [0.25, 0.3) is 5.69 Å². The highest BCUT2D eigenvalue weighted by molar-refractivity contribution is 5.76. The van der Waals surface area contributed by atoms with Gasteiger partial charge in [-0.25, -0.2) is 4.68 Å². The first-order valence-corrected chi connectivity index (χ1v) is 6.33. The lowest BCUT2D eigenvalue weighted by Gasteiger charge is -2.09. The maximum atomic E-state index is 10.9. The number of carbonyl (C=O) groups is 1. The minimum atomic E-state index is 0.686. The van der Waals surface area contributed by atoms with Crippen molar-refractivity contribution in [2.75, 3.05) is 0 Å². The van der Waals surface area contributed by atoms with Crippen molar-refractivity contribution in [2.45, 2.75) is 33.6 Å². The summed E-state index contributed by atoms with van der Waals surface area (Å²) in [6, 6.07) is 7.83. The standard InChI is InChI=1S/C15H18N2O/c1-4-13-9-14(5-2)17(16-13)15-8-12(10-18)7-6-11(15)3/h6-10H,4-5H2,1-3H3. The zero-order valence-electron chi connectivity index (χ0n) is 11.1. The largest absolute Gasteiger partial charge is 0.298 e. The molecule has 0 aliphatic carbocycles. The van der Waals surface area contributed by atoms with E-state index in [1.54, 1.807) is 0 Å². The van der Waals surface area contributed by atoms with Gasteiger partial charge in [-0.1, -0.05) is 26.0 Å². The van der Waals surface area contributed by atoms with Crippen molar-refractivity contribution in [3.05, 3.63) is 46.8 Å². The van der Waals surface area contributed by atoms with E-state index in [4.69, 9.17) is 0 Å². The summed E-state index contributed by atoms with van der Waals surface area (Å²) < 4.78 is 1.96. The van der Waals surface area contributed by atoms with Crippen molar-refractivity contribution < 1.29 is 4.79 Å². The molecule has 3 nitrogen and oxygen atoms in total. The topological polar surface area (TPSA) is 34.9 Å². The van der Waals surface area contributed by atoms with Gasteiger partial charge in [0.25, 0.3) is 0 Å². The van der Waals surface area contributed by atoms with E-state index in [-0.39, 0.29) is 0 Å². The number of carbonyl (C=O) groups excluding carboxylic acids is 1. The minimum absolute atomic E-state index is 0.686. The second-order valence-electron chi connectivity index (χ2n) is 4.41. The Morgan fingerprint density at radius 1 is 1.22 bits per heavy atom. The number of benzene rings is 1.